The number of rotatable bonds is 8. The average Bonchev–Trinajstić information content (AvgIpc) is 3.11. The van der Waals surface area contributed by atoms with E-state index in [1.54, 1.807) is 25.2 Å². The number of hydrogen-bond acceptors (Lipinski definition) is 4. The van der Waals surface area contributed by atoms with Gasteiger partial charge in [-0.05, 0) is 24.5 Å². The minimum Gasteiger partial charge on any atom is -0.486 e. The molecule has 0 aliphatic heterocycles. The summed E-state index contributed by atoms with van der Waals surface area (Å²) in [7, 11) is 1.69. The molecule has 1 heterocycles. The van der Waals surface area contributed by atoms with Crippen LogP contribution in [0.1, 0.15) is 44.6 Å². The van der Waals surface area contributed by atoms with Crippen LogP contribution in [-0.2, 0) is 6.54 Å². The molecule has 1 aromatic heterocycles. The highest BCUT2D eigenvalue weighted by Gasteiger charge is 2.13. The van der Waals surface area contributed by atoms with Crippen molar-refractivity contribution in [3.8, 4) is 5.75 Å². The molecule has 0 aliphatic carbocycles. The SMILES string of the molecule is CCC(CNC(=NC)NCc1cc(C(C)C)no1)Oc1ccccc1F. The second kappa shape index (κ2) is 9.79. The van der Waals surface area contributed by atoms with Crippen molar-refractivity contribution < 1.29 is 13.7 Å². The lowest BCUT2D eigenvalue weighted by molar-refractivity contribution is 0.191. The van der Waals surface area contributed by atoms with Gasteiger partial charge in [-0.3, -0.25) is 4.99 Å². The average molecular weight is 362 g/mol. The standard InChI is InChI=1S/C19H27FN4O2/c1-5-14(25-18-9-7-6-8-16(18)20)11-22-19(21-4)23-12-15-10-17(13(2)3)24-26-15/h6-10,13-14H,5,11-12H2,1-4H3,(H2,21,22,23). The normalized spacial score (nSPS) is 12.9. The van der Waals surface area contributed by atoms with E-state index in [4.69, 9.17) is 9.26 Å². The van der Waals surface area contributed by atoms with Gasteiger partial charge in [-0.15, -0.1) is 0 Å². The summed E-state index contributed by atoms with van der Waals surface area (Å²) in [6.45, 7) is 7.10. The summed E-state index contributed by atoms with van der Waals surface area (Å²) in [6.07, 6.45) is 0.557. The third kappa shape index (κ3) is 5.75. The van der Waals surface area contributed by atoms with E-state index in [0.29, 0.717) is 25.0 Å². The summed E-state index contributed by atoms with van der Waals surface area (Å²) >= 11 is 0. The third-order valence-electron chi connectivity index (χ3n) is 3.91. The lowest BCUT2D eigenvalue weighted by Crippen LogP contribution is -2.42. The molecule has 2 aromatic rings. The molecule has 2 N–H and O–H groups in total. The molecule has 0 bridgehead atoms. The van der Waals surface area contributed by atoms with Gasteiger partial charge < -0.3 is 19.9 Å². The molecule has 0 fully saturated rings. The zero-order valence-electron chi connectivity index (χ0n) is 15.8. The molecule has 6 nitrogen and oxygen atoms in total. The van der Waals surface area contributed by atoms with E-state index in [-0.39, 0.29) is 17.7 Å². The second-order valence-electron chi connectivity index (χ2n) is 6.26. The van der Waals surface area contributed by atoms with E-state index < -0.39 is 0 Å². The molecule has 1 atom stereocenters. The maximum Gasteiger partial charge on any atom is 0.191 e. The quantitative estimate of drug-likeness (QED) is 0.556. The van der Waals surface area contributed by atoms with Crippen LogP contribution in [0.2, 0.25) is 0 Å². The van der Waals surface area contributed by atoms with Crippen LogP contribution in [0.25, 0.3) is 0 Å². The van der Waals surface area contributed by atoms with Crippen LogP contribution < -0.4 is 15.4 Å². The van der Waals surface area contributed by atoms with E-state index in [1.807, 2.05) is 13.0 Å². The molecule has 1 unspecified atom stereocenters. The Labute approximate surface area is 153 Å². The molecular weight excluding hydrogens is 335 g/mol. The molecule has 26 heavy (non-hydrogen) atoms. The Bertz CT molecular complexity index is 715. The van der Waals surface area contributed by atoms with Crippen LogP contribution in [-0.4, -0.2) is 30.8 Å². The Morgan fingerprint density at radius 2 is 2.08 bits per heavy atom. The minimum absolute atomic E-state index is 0.178. The number of aromatic nitrogens is 1. The van der Waals surface area contributed by atoms with Crippen molar-refractivity contribution in [1.82, 2.24) is 15.8 Å². The second-order valence-corrected chi connectivity index (χ2v) is 6.26. The first kappa shape index (κ1) is 19.8. The summed E-state index contributed by atoms with van der Waals surface area (Å²) in [4.78, 5) is 4.18. The number of halogens is 1. The van der Waals surface area contributed by atoms with Crippen LogP contribution in [0.3, 0.4) is 0 Å². The van der Waals surface area contributed by atoms with E-state index in [9.17, 15) is 4.39 Å². The summed E-state index contributed by atoms with van der Waals surface area (Å²) < 4.78 is 24.8. The fraction of sp³-hybridized carbons (Fsp3) is 0.474. The zero-order valence-corrected chi connectivity index (χ0v) is 15.8. The number of benzene rings is 1. The lowest BCUT2D eigenvalue weighted by atomic mass is 10.1. The Hall–Kier alpha value is -2.57. The van der Waals surface area contributed by atoms with Crippen LogP contribution in [0.5, 0.6) is 5.75 Å². The predicted molar refractivity (Wildman–Crippen MR) is 99.9 cm³/mol. The van der Waals surface area contributed by atoms with E-state index in [0.717, 1.165) is 17.9 Å². The number of para-hydroxylation sites is 1. The number of hydrogen-bond donors (Lipinski definition) is 2. The summed E-state index contributed by atoms with van der Waals surface area (Å²) in [6, 6.07) is 8.34. The smallest absolute Gasteiger partial charge is 0.191 e. The maximum absolute atomic E-state index is 13.7. The fourth-order valence-electron chi connectivity index (χ4n) is 2.28. The third-order valence-corrected chi connectivity index (χ3v) is 3.91. The molecule has 2 rings (SSSR count). The van der Waals surface area contributed by atoms with Crippen molar-refractivity contribution in [3.63, 3.8) is 0 Å². The van der Waals surface area contributed by atoms with Gasteiger partial charge in [0.25, 0.3) is 0 Å². The molecule has 0 saturated carbocycles. The van der Waals surface area contributed by atoms with Gasteiger partial charge in [0.05, 0.1) is 18.8 Å². The number of ether oxygens (including phenoxy) is 1. The van der Waals surface area contributed by atoms with Crippen LogP contribution in [0.4, 0.5) is 4.39 Å². The Balaban J connectivity index is 1.83. The highest BCUT2D eigenvalue weighted by atomic mass is 19.1. The molecule has 7 heteroatoms. The summed E-state index contributed by atoms with van der Waals surface area (Å²) in [5.74, 6) is 1.58. The fourth-order valence-corrected chi connectivity index (χ4v) is 2.28. The number of nitrogens with one attached hydrogen (secondary N) is 2. The minimum atomic E-state index is -0.361. The first-order chi connectivity index (χ1) is 12.5. The highest BCUT2D eigenvalue weighted by Crippen LogP contribution is 2.18. The first-order valence-corrected chi connectivity index (χ1v) is 8.84. The number of nitrogens with zero attached hydrogens (tertiary/aromatic N) is 2. The number of guanidine groups is 1. The van der Waals surface area contributed by atoms with Crippen molar-refractivity contribution in [2.75, 3.05) is 13.6 Å². The van der Waals surface area contributed by atoms with E-state index >= 15 is 0 Å². The monoisotopic (exact) mass is 362 g/mol. The Kier molecular flexibility index (Phi) is 7.44. The van der Waals surface area contributed by atoms with E-state index in [1.165, 1.54) is 6.07 Å². The maximum atomic E-state index is 13.7. The van der Waals surface area contributed by atoms with Crippen LogP contribution in [0.15, 0.2) is 39.8 Å². The first-order valence-electron chi connectivity index (χ1n) is 8.84. The Morgan fingerprint density at radius 1 is 1.31 bits per heavy atom. The topological polar surface area (TPSA) is 71.7 Å². The van der Waals surface area contributed by atoms with Gasteiger partial charge in [-0.2, -0.15) is 0 Å². The lowest BCUT2D eigenvalue weighted by Gasteiger charge is -2.20. The van der Waals surface area contributed by atoms with Crippen molar-refractivity contribution in [3.05, 3.63) is 47.6 Å². The summed E-state index contributed by atoms with van der Waals surface area (Å²) in [5.41, 5.74) is 0.925. The van der Waals surface area contributed by atoms with Crippen molar-refractivity contribution in [1.29, 1.82) is 0 Å². The number of aliphatic imine (C=N–C) groups is 1. The molecule has 0 amide bonds. The molecule has 0 aliphatic rings. The molecule has 0 radical (unpaired) electrons. The molecule has 0 spiro atoms. The van der Waals surface area contributed by atoms with Crippen LogP contribution in [0, 0.1) is 5.82 Å². The van der Waals surface area contributed by atoms with Crippen LogP contribution >= 0.6 is 0 Å². The van der Waals surface area contributed by atoms with Gasteiger partial charge in [0.15, 0.2) is 23.3 Å². The van der Waals surface area contributed by atoms with Gasteiger partial charge in [0.2, 0.25) is 0 Å². The van der Waals surface area contributed by atoms with E-state index in [2.05, 4.69) is 34.6 Å². The highest BCUT2D eigenvalue weighted by molar-refractivity contribution is 5.79. The van der Waals surface area contributed by atoms with Gasteiger partial charge >= 0.3 is 0 Å². The molecule has 142 valence electrons. The predicted octanol–water partition coefficient (Wildman–Crippen LogP) is 3.46. The molecule has 0 saturated heterocycles. The molecule has 1 aromatic carbocycles. The summed E-state index contributed by atoms with van der Waals surface area (Å²) in [5, 5.41) is 10.4. The van der Waals surface area contributed by atoms with Gasteiger partial charge in [-0.25, -0.2) is 4.39 Å². The van der Waals surface area contributed by atoms with Crippen molar-refractivity contribution >= 4 is 5.96 Å². The van der Waals surface area contributed by atoms with Gasteiger partial charge in [0, 0.05) is 13.1 Å². The zero-order chi connectivity index (χ0) is 18.9. The molecular formula is C19H27FN4O2. The van der Waals surface area contributed by atoms with Crippen molar-refractivity contribution in [2.45, 2.75) is 45.8 Å². The largest absolute Gasteiger partial charge is 0.486 e. The van der Waals surface area contributed by atoms with Crippen molar-refractivity contribution in [2.24, 2.45) is 4.99 Å². The van der Waals surface area contributed by atoms with Gasteiger partial charge in [-0.1, -0.05) is 38.1 Å². The Morgan fingerprint density at radius 3 is 2.69 bits per heavy atom. The van der Waals surface area contributed by atoms with Gasteiger partial charge in [0.1, 0.15) is 6.10 Å².